The molecule has 0 N–H and O–H groups in total. The minimum absolute atomic E-state index is 0.101. The Labute approximate surface area is 189 Å². The van der Waals surface area contributed by atoms with Crippen molar-refractivity contribution >= 4 is 40.7 Å². The Morgan fingerprint density at radius 1 is 1.13 bits per heavy atom. The second-order valence-corrected chi connectivity index (χ2v) is 8.14. The second kappa shape index (κ2) is 10.2. The van der Waals surface area contributed by atoms with E-state index in [1.54, 1.807) is 25.3 Å². The SMILES string of the molecule is CCn1c(SCC(=O)c2ccc(Cl)cc2Cl)nnc1C(C)Oc1ccc(OC)cc1. The van der Waals surface area contributed by atoms with Crippen molar-refractivity contribution in [2.24, 2.45) is 0 Å². The molecule has 6 nitrogen and oxygen atoms in total. The molecule has 1 heterocycles. The summed E-state index contributed by atoms with van der Waals surface area (Å²) in [5, 5.41) is 10.0. The standard InChI is InChI=1S/C21H21Cl2N3O3S/c1-4-26-20(13(2)29-16-8-6-15(28-3)7-9-16)24-25-21(26)30-12-19(27)17-10-5-14(22)11-18(17)23/h5-11,13H,4,12H2,1-3H3. The number of thioether (sulfide) groups is 1. The first-order valence-electron chi connectivity index (χ1n) is 9.27. The minimum Gasteiger partial charge on any atom is -0.497 e. The van der Waals surface area contributed by atoms with E-state index in [-0.39, 0.29) is 17.6 Å². The molecule has 0 aliphatic heterocycles. The summed E-state index contributed by atoms with van der Waals surface area (Å²) in [6.45, 7) is 4.55. The lowest BCUT2D eigenvalue weighted by molar-refractivity contribution is 0.102. The molecule has 1 aromatic heterocycles. The molecule has 0 aliphatic rings. The highest BCUT2D eigenvalue weighted by Crippen LogP contribution is 2.27. The molecule has 0 spiro atoms. The van der Waals surface area contributed by atoms with Crippen molar-refractivity contribution in [3.05, 3.63) is 63.9 Å². The molecule has 0 saturated heterocycles. The van der Waals surface area contributed by atoms with Crippen LogP contribution in [-0.2, 0) is 6.54 Å². The predicted molar refractivity (Wildman–Crippen MR) is 119 cm³/mol. The number of halogens is 2. The topological polar surface area (TPSA) is 66.2 Å². The zero-order valence-corrected chi connectivity index (χ0v) is 19.1. The number of hydrogen-bond acceptors (Lipinski definition) is 6. The average Bonchev–Trinajstić information content (AvgIpc) is 3.15. The molecule has 3 rings (SSSR count). The molecule has 30 heavy (non-hydrogen) atoms. The lowest BCUT2D eigenvalue weighted by atomic mass is 10.1. The van der Waals surface area contributed by atoms with E-state index in [1.165, 1.54) is 11.8 Å². The summed E-state index contributed by atoms with van der Waals surface area (Å²) in [6, 6.07) is 12.2. The van der Waals surface area contributed by atoms with E-state index in [9.17, 15) is 4.79 Å². The average molecular weight is 466 g/mol. The summed E-state index contributed by atoms with van der Waals surface area (Å²) in [5.41, 5.74) is 0.438. The molecule has 0 bridgehead atoms. The first-order chi connectivity index (χ1) is 14.4. The highest BCUT2D eigenvalue weighted by Gasteiger charge is 2.20. The van der Waals surface area contributed by atoms with Gasteiger partial charge in [-0.25, -0.2) is 0 Å². The van der Waals surface area contributed by atoms with Gasteiger partial charge in [0, 0.05) is 17.1 Å². The van der Waals surface area contributed by atoms with Crippen molar-refractivity contribution in [3.8, 4) is 11.5 Å². The highest BCUT2D eigenvalue weighted by molar-refractivity contribution is 7.99. The summed E-state index contributed by atoms with van der Waals surface area (Å²) in [5.74, 6) is 2.24. The van der Waals surface area contributed by atoms with Crippen molar-refractivity contribution in [1.29, 1.82) is 0 Å². The predicted octanol–water partition coefficient (Wildman–Crippen LogP) is 5.73. The molecule has 2 aromatic carbocycles. The largest absolute Gasteiger partial charge is 0.497 e. The third-order valence-corrected chi connectivity index (χ3v) is 5.88. The molecule has 3 aromatic rings. The first-order valence-corrected chi connectivity index (χ1v) is 11.0. The fourth-order valence-corrected chi connectivity index (χ4v) is 4.25. The van der Waals surface area contributed by atoms with Gasteiger partial charge in [-0.15, -0.1) is 10.2 Å². The molecule has 0 radical (unpaired) electrons. The van der Waals surface area contributed by atoms with Crippen LogP contribution in [0.15, 0.2) is 47.6 Å². The molecule has 0 amide bonds. The molecule has 1 unspecified atom stereocenters. The Balaban J connectivity index is 1.69. The van der Waals surface area contributed by atoms with Crippen LogP contribution in [0.25, 0.3) is 0 Å². The Morgan fingerprint density at radius 3 is 2.47 bits per heavy atom. The Hall–Kier alpha value is -2.22. The number of carbonyl (C=O) groups is 1. The number of rotatable bonds is 9. The number of hydrogen-bond donors (Lipinski definition) is 0. The number of nitrogens with zero attached hydrogens (tertiary/aromatic N) is 3. The second-order valence-electron chi connectivity index (χ2n) is 6.36. The van der Waals surface area contributed by atoms with Crippen LogP contribution < -0.4 is 9.47 Å². The zero-order chi connectivity index (χ0) is 21.7. The van der Waals surface area contributed by atoms with Crippen LogP contribution in [0.3, 0.4) is 0 Å². The molecule has 158 valence electrons. The number of ether oxygens (including phenoxy) is 2. The normalized spacial score (nSPS) is 11.9. The Bertz CT molecular complexity index is 1020. The van der Waals surface area contributed by atoms with Crippen LogP contribution in [0.1, 0.15) is 36.1 Å². The van der Waals surface area contributed by atoms with E-state index >= 15 is 0 Å². The van der Waals surface area contributed by atoms with E-state index in [1.807, 2.05) is 42.7 Å². The van der Waals surface area contributed by atoms with Crippen LogP contribution in [0, 0.1) is 0 Å². The first kappa shape index (κ1) is 22.5. The maximum absolute atomic E-state index is 12.5. The van der Waals surface area contributed by atoms with Gasteiger partial charge in [0.15, 0.2) is 22.9 Å². The van der Waals surface area contributed by atoms with Gasteiger partial charge in [-0.1, -0.05) is 35.0 Å². The van der Waals surface area contributed by atoms with Gasteiger partial charge in [0.25, 0.3) is 0 Å². The summed E-state index contributed by atoms with van der Waals surface area (Å²) < 4.78 is 13.1. The smallest absolute Gasteiger partial charge is 0.191 e. The van der Waals surface area contributed by atoms with Crippen molar-refractivity contribution in [2.45, 2.75) is 31.7 Å². The van der Waals surface area contributed by atoms with Gasteiger partial charge in [-0.2, -0.15) is 0 Å². The van der Waals surface area contributed by atoms with Gasteiger partial charge < -0.3 is 14.0 Å². The van der Waals surface area contributed by atoms with Gasteiger partial charge in [-0.3, -0.25) is 4.79 Å². The fraction of sp³-hybridized carbons (Fsp3) is 0.286. The van der Waals surface area contributed by atoms with Crippen molar-refractivity contribution < 1.29 is 14.3 Å². The summed E-state index contributed by atoms with van der Waals surface area (Å²) >= 11 is 13.3. The van der Waals surface area contributed by atoms with Crippen LogP contribution >= 0.6 is 35.0 Å². The number of benzene rings is 2. The van der Waals surface area contributed by atoms with Crippen LogP contribution in [-0.4, -0.2) is 33.4 Å². The van der Waals surface area contributed by atoms with Crippen LogP contribution in [0.2, 0.25) is 10.0 Å². The highest BCUT2D eigenvalue weighted by atomic mass is 35.5. The third-order valence-electron chi connectivity index (χ3n) is 4.36. The Morgan fingerprint density at radius 2 is 1.83 bits per heavy atom. The summed E-state index contributed by atoms with van der Waals surface area (Å²) in [6.07, 6.45) is -0.318. The van der Waals surface area contributed by atoms with E-state index in [0.717, 1.165) is 5.75 Å². The van der Waals surface area contributed by atoms with Gasteiger partial charge in [0.05, 0.1) is 17.9 Å². The molecule has 0 aliphatic carbocycles. The number of Topliss-reactive ketones (excluding diaryl/α,β-unsaturated/α-hetero) is 1. The molecular formula is C21H21Cl2N3O3S. The van der Waals surface area contributed by atoms with Gasteiger partial charge >= 0.3 is 0 Å². The summed E-state index contributed by atoms with van der Waals surface area (Å²) in [7, 11) is 1.62. The van der Waals surface area contributed by atoms with Crippen molar-refractivity contribution in [2.75, 3.05) is 12.9 Å². The molecular weight excluding hydrogens is 445 g/mol. The van der Waals surface area contributed by atoms with Crippen LogP contribution in [0.4, 0.5) is 0 Å². The minimum atomic E-state index is -0.318. The number of carbonyl (C=O) groups excluding carboxylic acids is 1. The quantitative estimate of drug-likeness (QED) is 0.297. The van der Waals surface area contributed by atoms with E-state index in [0.29, 0.717) is 38.9 Å². The third kappa shape index (κ3) is 5.28. The van der Waals surface area contributed by atoms with E-state index in [4.69, 9.17) is 32.7 Å². The molecule has 1 atom stereocenters. The van der Waals surface area contributed by atoms with Gasteiger partial charge in [0.2, 0.25) is 0 Å². The molecule has 0 saturated carbocycles. The number of aromatic nitrogens is 3. The maximum atomic E-state index is 12.5. The van der Waals surface area contributed by atoms with E-state index < -0.39 is 0 Å². The van der Waals surface area contributed by atoms with Crippen LogP contribution in [0.5, 0.6) is 11.5 Å². The fourth-order valence-electron chi connectivity index (χ4n) is 2.84. The molecule has 0 fully saturated rings. The van der Waals surface area contributed by atoms with E-state index in [2.05, 4.69) is 10.2 Å². The van der Waals surface area contributed by atoms with Crippen molar-refractivity contribution in [3.63, 3.8) is 0 Å². The zero-order valence-electron chi connectivity index (χ0n) is 16.8. The Kier molecular flexibility index (Phi) is 7.64. The van der Waals surface area contributed by atoms with Gasteiger partial charge in [0.1, 0.15) is 11.5 Å². The lowest BCUT2D eigenvalue weighted by Gasteiger charge is -2.15. The monoisotopic (exact) mass is 465 g/mol. The number of ketones is 1. The van der Waals surface area contributed by atoms with Gasteiger partial charge in [-0.05, 0) is 56.3 Å². The summed E-state index contributed by atoms with van der Waals surface area (Å²) in [4.78, 5) is 12.5. The number of methoxy groups -OCH3 is 1. The lowest BCUT2D eigenvalue weighted by Crippen LogP contribution is -2.12. The van der Waals surface area contributed by atoms with Crippen molar-refractivity contribution in [1.82, 2.24) is 14.8 Å². The molecule has 9 heteroatoms. The maximum Gasteiger partial charge on any atom is 0.191 e.